The van der Waals surface area contributed by atoms with Crippen molar-refractivity contribution in [3.63, 3.8) is 0 Å². The molecule has 1 aliphatic rings. The molecule has 0 saturated carbocycles. The van der Waals surface area contributed by atoms with Gasteiger partial charge in [-0.05, 0) is 30.2 Å². The van der Waals surface area contributed by atoms with E-state index in [1.807, 2.05) is 0 Å². The van der Waals surface area contributed by atoms with Gasteiger partial charge in [0.05, 0.1) is 0 Å². The average Bonchev–Trinajstić information content (AvgIpc) is 2.21. The number of carbonyl (C=O) groups is 1. The van der Waals surface area contributed by atoms with E-state index in [1.165, 1.54) is 12.1 Å². The van der Waals surface area contributed by atoms with Crippen LogP contribution in [0.1, 0.15) is 12.0 Å². The zero-order valence-electron chi connectivity index (χ0n) is 8.92. The molecule has 2 N–H and O–H groups in total. The molecule has 0 aromatic heterocycles. The second-order valence-corrected chi connectivity index (χ2v) is 3.98. The number of anilines is 2. The van der Waals surface area contributed by atoms with Gasteiger partial charge in [0.1, 0.15) is 6.54 Å². The summed E-state index contributed by atoms with van der Waals surface area (Å²) in [5, 5.41) is 0. The van der Waals surface area contributed by atoms with Gasteiger partial charge in [-0.2, -0.15) is 13.2 Å². The van der Waals surface area contributed by atoms with Crippen molar-refractivity contribution in [3.05, 3.63) is 23.8 Å². The molecule has 0 fully saturated rings. The van der Waals surface area contributed by atoms with E-state index in [4.69, 9.17) is 5.73 Å². The van der Waals surface area contributed by atoms with Gasteiger partial charge < -0.3 is 10.6 Å². The van der Waals surface area contributed by atoms with E-state index in [2.05, 4.69) is 0 Å². The number of aryl methyl sites for hydroxylation is 1. The highest BCUT2D eigenvalue weighted by Gasteiger charge is 2.36. The molecule has 92 valence electrons. The summed E-state index contributed by atoms with van der Waals surface area (Å²) in [6.45, 7) is -1.25. The SMILES string of the molecule is Nc1ccc2c(c1)CCC(=O)N2CC(F)(F)F. The topological polar surface area (TPSA) is 46.3 Å². The largest absolute Gasteiger partial charge is 0.406 e. The predicted octanol–water partition coefficient (Wildman–Crippen LogP) is 2.11. The maximum absolute atomic E-state index is 12.4. The van der Waals surface area contributed by atoms with Crippen LogP contribution in [0, 0.1) is 0 Å². The molecule has 0 bridgehead atoms. The summed E-state index contributed by atoms with van der Waals surface area (Å²) in [4.78, 5) is 12.3. The lowest BCUT2D eigenvalue weighted by molar-refractivity contribution is -0.132. The number of halogens is 3. The van der Waals surface area contributed by atoms with E-state index < -0.39 is 18.6 Å². The van der Waals surface area contributed by atoms with E-state index in [1.54, 1.807) is 6.07 Å². The van der Waals surface area contributed by atoms with Crippen molar-refractivity contribution < 1.29 is 18.0 Å². The Morgan fingerprint density at radius 2 is 2.00 bits per heavy atom. The first kappa shape index (κ1) is 11.8. The van der Waals surface area contributed by atoms with Crippen molar-refractivity contribution in [2.24, 2.45) is 0 Å². The molecule has 1 aliphatic heterocycles. The summed E-state index contributed by atoms with van der Waals surface area (Å²) >= 11 is 0. The van der Waals surface area contributed by atoms with Crippen LogP contribution in [-0.4, -0.2) is 18.6 Å². The molecule has 1 amide bonds. The Morgan fingerprint density at radius 3 is 2.65 bits per heavy atom. The number of nitrogens with two attached hydrogens (primary N) is 1. The summed E-state index contributed by atoms with van der Waals surface area (Å²) < 4.78 is 37.1. The summed E-state index contributed by atoms with van der Waals surface area (Å²) in [5.74, 6) is -0.500. The molecule has 6 heteroatoms. The molecule has 0 saturated heterocycles. The average molecular weight is 244 g/mol. The smallest absolute Gasteiger partial charge is 0.399 e. The van der Waals surface area contributed by atoms with E-state index in [9.17, 15) is 18.0 Å². The van der Waals surface area contributed by atoms with E-state index in [0.717, 1.165) is 4.90 Å². The number of carbonyl (C=O) groups excluding carboxylic acids is 1. The molecule has 0 spiro atoms. The lowest BCUT2D eigenvalue weighted by atomic mass is 10.0. The third-order valence-corrected chi connectivity index (χ3v) is 2.64. The molecule has 3 nitrogen and oxygen atoms in total. The van der Waals surface area contributed by atoms with Crippen molar-refractivity contribution in [2.45, 2.75) is 19.0 Å². The van der Waals surface area contributed by atoms with Crippen LogP contribution >= 0.6 is 0 Å². The standard InChI is InChI=1S/C11H11F3N2O/c12-11(13,14)6-16-9-3-2-8(15)5-7(9)1-4-10(16)17/h2-3,5H,1,4,6,15H2. The Hall–Kier alpha value is -1.72. The van der Waals surface area contributed by atoms with Crippen molar-refractivity contribution >= 4 is 17.3 Å². The molecule has 1 aromatic rings. The maximum atomic E-state index is 12.4. The van der Waals surface area contributed by atoms with Gasteiger partial charge in [-0.15, -0.1) is 0 Å². The molecule has 0 radical (unpaired) electrons. The van der Waals surface area contributed by atoms with Crippen molar-refractivity contribution in [2.75, 3.05) is 17.2 Å². The van der Waals surface area contributed by atoms with Gasteiger partial charge in [0.15, 0.2) is 0 Å². The number of fused-ring (bicyclic) bond motifs is 1. The minimum absolute atomic E-state index is 0.0898. The van der Waals surface area contributed by atoms with E-state index in [0.29, 0.717) is 23.4 Å². The third kappa shape index (κ3) is 2.51. The molecular weight excluding hydrogens is 233 g/mol. The van der Waals surface area contributed by atoms with Gasteiger partial charge in [-0.3, -0.25) is 4.79 Å². The predicted molar refractivity (Wildman–Crippen MR) is 57.6 cm³/mol. The highest BCUT2D eigenvalue weighted by atomic mass is 19.4. The monoisotopic (exact) mass is 244 g/mol. The third-order valence-electron chi connectivity index (χ3n) is 2.64. The Morgan fingerprint density at radius 1 is 1.29 bits per heavy atom. The van der Waals surface area contributed by atoms with Crippen molar-refractivity contribution in [1.29, 1.82) is 0 Å². The minimum Gasteiger partial charge on any atom is -0.399 e. The van der Waals surface area contributed by atoms with Crippen molar-refractivity contribution in [3.8, 4) is 0 Å². The van der Waals surface area contributed by atoms with Crippen molar-refractivity contribution in [1.82, 2.24) is 0 Å². The molecule has 17 heavy (non-hydrogen) atoms. The first-order valence-corrected chi connectivity index (χ1v) is 5.12. The van der Waals surface area contributed by atoms with Crippen LogP contribution in [0.25, 0.3) is 0 Å². The first-order valence-electron chi connectivity index (χ1n) is 5.12. The number of nitrogen functional groups attached to an aromatic ring is 1. The fraction of sp³-hybridized carbons (Fsp3) is 0.364. The number of rotatable bonds is 1. The fourth-order valence-electron chi connectivity index (χ4n) is 1.93. The van der Waals surface area contributed by atoms with Crippen LogP contribution in [0.2, 0.25) is 0 Å². The quantitative estimate of drug-likeness (QED) is 0.769. The van der Waals surface area contributed by atoms with Gasteiger partial charge in [0.2, 0.25) is 5.91 Å². The molecule has 0 aliphatic carbocycles. The van der Waals surface area contributed by atoms with Crippen LogP contribution in [0.4, 0.5) is 24.5 Å². The van der Waals surface area contributed by atoms with Gasteiger partial charge in [-0.25, -0.2) is 0 Å². The maximum Gasteiger partial charge on any atom is 0.406 e. The Kier molecular flexibility index (Phi) is 2.73. The van der Waals surface area contributed by atoms with Crippen LogP contribution in [0.3, 0.4) is 0 Å². The van der Waals surface area contributed by atoms with Gasteiger partial charge in [0, 0.05) is 17.8 Å². The normalized spacial score (nSPS) is 15.9. The van der Waals surface area contributed by atoms with Crippen LogP contribution in [-0.2, 0) is 11.2 Å². The van der Waals surface area contributed by atoms with Crippen LogP contribution in [0.5, 0.6) is 0 Å². The summed E-state index contributed by atoms with van der Waals surface area (Å²) in [5.41, 5.74) is 7.06. The second kappa shape index (κ2) is 3.94. The van der Waals surface area contributed by atoms with E-state index >= 15 is 0 Å². The number of nitrogens with zero attached hydrogens (tertiary/aromatic N) is 1. The Balaban J connectivity index is 2.37. The lowest BCUT2D eigenvalue weighted by Gasteiger charge is -2.30. The highest BCUT2D eigenvalue weighted by molar-refractivity contribution is 5.96. The zero-order chi connectivity index (χ0) is 12.6. The molecule has 0 unspecified atom stereocenters. The van der Waals surface area contributed by atoms with Gasteiger partial charge >= 0.3 is 6.18 Å². The number of hydrogen-bond donors (Lipinski definition) is 1. The molecular formula is C11H11F3N2O. The van der Waals surface area contributed by atoms with Crippen LogP contribution < -0.4 is 10.6 Å². The number of hydrogen-bond acceptors (Lipinski definition) is 2. The fourth-order valence-corrected chi connectivity index (χ4v) is 1.93. The summed E-state index contributed by atoms with van der Waals surface area (Å²) in [6.07, 6.45) is -3.87. The minimum atomic E-state index is -4.40. The van der Waals surface area contributed by atoms with Gasteiger partial charge in [-0.1, -0.05) is 0 Å². The Bertz CT molecular complexity index is 457. The number of benzene rings is 1. The molecule has 1 heterocycles. The summed E-state index contributed by atoms with van der Waals surface area (Å²) in [7, 11) is 0. The Labute approximate surface area is 96.0 Å². The molecule has 1 aromatic carbocycles. The highest BCUT2D eigenvalue weighted by Crippen LogP contribution is 2.31. The molecule has 0 atom stereocenters. The number of amides is 1. The van der Waals surface area contributed by atoms with Crippen LogP contribution in [0.15, 0.2) is 18.2 Å². The lowest BCUT2D eigenvalue weighted by Crippen LogP contribution is -2.41. The van der Waals surface area contributed by atoms with Gasteiger partial charge in [0.25, 0.3) is 0 Å². The second-order valence-electron chi connectivity index (χ2n) is 3.98. The zero-order valence-corrected chi connectivity index (χ0v) is 8.92. The first-order chi connectivity index (χ1) is 7.87. The van der Waals surface area contributed by atoms with E-state index in [-0.39, 0.29) is 6.42 Å². The summed E-state index contributed by atoms with van der Waals surface area (Å²) in [6, 6.07) is 4.58. The number of alkyl halides is 3. The molecule has 2 rings (SSSR count).